The monoisotopic (exact) mass is 447 g/mol. The van der Waals surface area contributed by atoms with Crippen LogP contribution in [0.2, 0.25) is 0 Å². The van der Waals surface area contributed by atoms with Crippen LogP contribution in [0.4, 0.5) is 18.9 Å². The highest BCUT2D eigenvalue weighted by atomic mass is 19.4. The maximum Gasteiger partial charge on any atom is 0.418 e. The molecule has 7 heteroatoms. The van der Waals surface area contributed by atoms with E-state index in [1.54, 1.807) is 18.2 Å². The van der Waals surface area contributed by atoms with Crippen LogP contribution in [-0.2, 0) is 11.0 Å². The maximum absolute atomic E-state index is 13.5. The molecule has 0 aliphatic carbocycles. The molecule has 4 nitrogen and oxygen atoms in total. The first kappa shape index (κ1) is 23.0. The van der Waals surface area contributed by atoms with Crippen LogP contribution in [0.25, 0.3) is 10.9 Å². The summed E-state index contributed by atoms with van der Waals surface area (Å²) in [5.41, 5.74) is 0.0674. The molecule has 0 saturated carbocycles. The van der Waals surface area contributed by atoms with Crippen LogP contribution in [0, 0.1) is 17.8 Å². The summed E-state index contributed by atoms with van der Waals surface area (Å²) in [6.07, 6.45) is 1.33. The first-order valence-corrected chi connectivity index (χ1v) is 11.6. The summed E-state index contributed by atoms with van der Waals surface area (Å²) in [7, 11) is 2.12. The number of benzene rings is 1. The number of hydrogen-bond donors (Lipinski definition) is 0. The van der Waals surface area contributed by atoms with Gasteiger partial charge in [0.25, 0.3) is 0 Å². The lowest BCUT2D eigenvalue weighted by atomic mass is 9.83. The number of carbonyl (C=O) groups excluding carboxylic acids is 1. The number of anilines is 1. The van der Waals surface area contributed by atoms with Crippen LogP contribution in [0.3, 0.4) is 0 Å². The van der Waals surface area contributed by atoms with Crippen molar-refractivity contribution in [1.29, 1.82) is 0 Å². The number of rotatable bonds is 5. The molecule has 1 aromatic carbocycles. The Kier molecular flexibility index (Phi) is 6.75. The number of carbonyl (C=O) groups is 1. The highest BCUT2D eigenvalue weighted by Crippen LogP contribution is 2.39. The molecule has 0 N–H and O–H groups in total. The normalized spacial score (nSPS) is 23.6. The Balaban J connectivity index is 1.49. The van der Waals surface area contributed by atoms with Crippen LogP contribution in [0.15, 0.2) is 30.5 Å². The Labute approximate surface area is 187 Å². The van der Waals surface area contributed by atoms with Gasteiger partial charge in [-0.3, -0.25) is 9.78 Å². The van der Waals surface area contributed by atoms with Crippen LogP contribution in [0.1, 0.15) is 44.6 Å². The zero-order valence-corrected chi connectivity index (χ0v) is 18.9. The number of nitrogens with zero attached hydrogens (tertiary/aromatic N) is 3. The second-order valence-corrected chi connectivity index (χ2v) is 9.84. The Morgan fingerprint density at radius 3 is 2.53 bits per heavy atom. The molecule has 3 heterocycles. The van der Waals surface area contributed by atoms with E-state index in [0.717, 1.165) is 50.7 Å². The van der Waals surface area contributed by atoms with E-state index in [0.29, 0.717) is 42.4 Å². The number of ketones is 1. The number of fused-ring (bicyclic) bond motifs is 1. The molecule has 0 amide bonds. The minimum absolute atomic E-state index is 0.00869. The molecule has 174 valence electrons. The molecule has 2 saturated heterocycles. The molecule has 4 rings (SSSR count). The lowest BCUT2D eigenvalue weighted by Gasteiger charge is -2.38. The highest BCUT2D eigenvalue weighted by molar-refractivity contribution is 5.94. The van der Waals surface area contributed by atoms with Gasteiger partial charge < -0.3 is 9.80 Å². The fourth-order valence-corrected chi connectivity index (χ4v) is 5.48. The highest BCUT2D eigenvalue weighted by Gasteiger charge is 2.35. The Morgan fingerprint density at radius 1 is 1.09 bits per heavy atom. The number of hydrogen-bond acceptors (Lipinski definition) is 4. The second kappa shape index (κ2) is 9.38. The third kappa shape index (κ3) is 5.25. The van der Waals surface area contributed by atoms with Crippen molar-refractivity contribution < 1.29 is 18.0 Å². The van der Waals surface area contributed by atoms with E-state index in [9.17, 15) is 18.0 Å². The second-order valence-electron chi connectivity index (χ2n) is 9.84. The van der Waals surface area contributed by atoms with Gasteiger partial charge in [0, 0.05) is 43.2 Å². The van der Waals surface area contributed by atoms with Crippen molar-refractivity contribution in [3.8, 4) is 0 Å². The standard InChI is InChI=1S/C25H32F3N3O/c1-17-12-19(14-20(32)13-18-7-10-30(2)11-8-18)16-31(15-17)23-6-5-22(25(26,27)28)24-21(23)4-3-9-29-24/h3-6,9,17-19H,7-8,10-16H2,1-2H3/t17-,19-/m0/s1. The van der Waals surface area contributed by atoms with Gasteiger partial charge >= 0.3 is 6.18 Å². The number of alkyl halides is 3. The van der Waals surface area contributed by atoms with Gasteiger partial charge in [0.05, 0.1) is 11.1 Å². The molecular weight excluding hydrogens is 415 g/mol. The quantitative estimate of drug-likeness (QED) is 0.614. The molecular formula is C25H32F3N3O. The SMILES string of the molecule is C[C@H]1C[C@@H](CC(=O)CC2CCN(C)CC2)CN(c2ccc(C(F)(F)F)c3ncccc23)C1. The minimum atomic E-state index is -4.44. The lowest BCUT2D eigenvalue weighted by Crippen LogP contribution is -2.40. The number of pyridine rings is 1. The molecule has 2 atom stereocenters. The Hall–Kier alpha value is -2.15. The van der Waals surface area contributed by atoms with Gasteiger partial charge in [0.1, 0.15) is 5.78 Å². The Bertz CT molecular complexity index is 953. The van der Waals surface area contributed by atoms with E-state index in [-0.39, 0.29) is 11.4 Å². The van der Waals surface area contributed by atoms with Gasteiger partial charge in [-0.15, -0.1) is 0 Å². The van der Waals surface area contributed by atoms with Crippen molar-refractivity contribution in [2.75, 3.05) is 38.1 Å². The lowest BCUT2D eigenvalue weighted by molar-refractivity contribution is -0.136. The zero-order valence-electron chi connectivity index (χ0n) is 18.9. The summed E-state index contributed by atoms with van der Waals surface area (Å²) in [5, 5.41) is 0.521. The van der Waals surface area contributed by atoms with Gasteiger partial charge in [-0.05, 0) is 81.4 Å². The van der Waals surface area contributed by atoms with Crippen LogP contribution in [0.5, 0.6) is 0 Å². The number of piperidine rings is 2. The molecule has 2 aromatic rings. The van der Waals surface area contributed by atoms with Crippen LogP contribution >= 0.6 is 0 Å². The van der Waals surface area contributed by atoms with E-state index < -0.39 is 11.7 Å². The van der Waals surface area contributed by atoms with Gasteiger partial charge in [-0.25, -0.2) is 0 Å². The molecule has 0 radical (unpaired) electrons. The summed E-state index contributed by atoms with van der Waals surface area (Å²) in [6.45, 7) is 5.74. The van der Waals surface area contributed by atoms with Gasteiger partial charge in [-0.1, -0.05) is 6.92 Å². The van der Waals surface area contributed by atoms with Gasteiger partial charge in [0.2, 0.25) is 0 Å². The largest absolute Gasteiger partial charge is 0.418 e. The molecule has 1 aromatic heterocycles. The Morgan fingerprint density at radius 2 is 1.81 bits per heavy atom. The van der Waals surface area contributed by atoms with Crippen molar-refractivity contribution in [1.82, 2.24) is 9.88 Å². The third-order valence-electron chi connectivity index (χ3n) is 7.01. The summed E-state index contributed by atoms with van der Waals surface area (Å²) >= 11 is 0. The average molecular weight is 448 g/mol. The van der Waals surface area contributed by atoms with E-state index in [1.165, 1.54) is 6.20 Å². The topological polar surface area (TPSA) is 36.4 Å². The van der Waals surface area contributed by atoms with Gasteiger partial charge in [-0.2, -0.15) is 13.2 Å². The van der Waals surface area contributed by atoms with E-state index in [4.69, 9.17) is 0 Å². The number of Topliss-reactive ketones (excluding diaryl/α,β-unsaturated/α-hetero) is 1. The predicted octanol–water partition coefficient (Wildman–Crippen LogP) is 5.41. The first-order valence-electron chi connectivity index (χ1n) is 11.6. The zero-order chi connectivity index (χ0) is 22.9. The molecule has 0 spiro atoms. The van der Waals surface area contributed by atoms with Crippen molar-refractivity contribution in [3.05, 3.63) is 36.0 Å². The number of halogens is 3. The van der Waals surface area contributed by atoms with Crippen molar-refractivity contribution in [2.45, 2.75) is 45.2 Å². The van der Waals surface area contributed by atoms with Crippen molar-refractivity contribution in [3.63, 3.8) is 0 Å². The average Bonchev–Trinajstić information content (AvgIpc) is 2.73. The molecule has 2 aliphatic heterocycles. The molecule has 32 heavy (non-hydrogen) atoms. The van der Waals surface area contributed by atoms with Crippen molar-refractivity contribution in [2.24, 2.45) is 17.8 Å². The van der Waals surface area contributed by atoms with E-state index in [2.05, 4.69) is 28.8 Å². The minimum Gasteiger partial charge on any atom is -0.370 e. The van der Waals surface area contributed by atoms with E-state index in [1.807, 2.05) is 0 Å². The van der Waals surface area contributed by atoms with E-state index >= 15 is 0 Å². The van der Waals surface area contributed by atoms with Gasteiger partial charge in [0.15, 0.2) is 0 Å². The molecule has 2 aliphatic rings. The molecule has 0 unspecified atom stereocenters. The van der Waals surface area contributed by atoms with Crippen molar-refractivity contribution >= 4 is 22.4 Å². The molecule has 0 bridgehead atoms. The number of aromatic nitrogens is 1. The number of likely N-dealkylation sites (tertiary alicyclic amines) is 1. The molecule has 2 fully saturated rings. The summed E-state index contributed by atoms with van der Waals surface area (Å²) < 4.78 is 40.4. The third-order valence-corrected chi connectivity index (χ3v) is 7.01. The first-order chi connectivity index (χ1) is 15.2. The predicted molar refractivity (Wildman–Crippen MR) is 121 cm³/mol. The fraction of sp³-hybridized carbons (Fsp3) is 0.600. The fourth-order valence-electron chi connectivity index (χ4n) is 5.48. The maximum atomic E-state index is 13.5. The summed E-state index contributed by atoms with van der Waals surface area (Å²) in [4.78, 5) is 21.3. The smallest absolute Gasteiger partial charge is 0.370 e. The summed E-state index contributed by atoms with van der Waals surface area (Å²) in [5.74, 6) is 1.42. The van der Waals surface area contributed by atoms with Crippen LogP contribution < -0.4 is 4.90 Å². The van der Waals surface area contributed by atoms with Crippen LogP contribution in [-0.4, -0.2) is 48.9 Å². The summed E-state index contributed by atoms with van der Waals surface area (Å²) in [6, 6.07) is 6.11.